The van der Waals surface area contributed by atoms with Crippen LogP contribution in [0.15, 0.2) is 72.6 Å². The molecule has 1 N–H and O–H groups in total. The van der Waals surface area contributed by atoms with E-state index in [1.165, 1.54) is 4.90 Å². The fraction of sp³-hybridized carbons (Fsp3) is 0.160. The molecule has 0 radical (unpaired) electrons. The smallest absolute Gasteiger partial charge is 0.300 e. The molecule has 5 heteroatoms. The number of Topliss-reactive ketones (excluding diaryl/α,β-unsaturated/α-hetero) is 1. The molecular formula is C25H22N2O3. The number of pyridine rings is 1. The number of carbonyl (C=O) groups is 2. The molecule has 1 aromatic heterocycles. The Balaban J connectivity index is 1.94. The lowest BCUT2D eigenvalue weighted by atomic mass is 9.94. The Labute approximate surface area is 175 Å². The second kappa shape index (κ2) is 7.59. The van der Waals surface area contributed by atoms with E-state index in [4.69, 9.17) is 0 Å². The predicted molar refractivity (Wildman–Crippen MR) is 116 cm³/mol. The van der Waals surface area contributed by atoms with Crippen molar-refractivity contribution < 1.29 is 14.7 Å². The molecule has 30 heavy (non-hydrogen) atoms. The van der Waals surface area contributed by atoms with E-state index in [0.717, 1.165) is 16.7 Å². The van der Waals surface area contributed by atoms with Gasteiger partial charge >= 0.3 is 0 Å². The lowest BCUT2D eigenvalue weighted by Gasteiger charge is -2.25. The van der Waals surface area contributed by atoms with Crippen molar-refractivity contribution in [2.75, 3.05) is 4.90 Å². The molecule has 1 aliphatic rings. The summed E-state index contributed by atoms with van der Waals surface area (Å²) in [5, 5.41) is 11.1. The number of hydrogen-bond donors (Lipinski definition) is 1. The molecule has 0 aliphatic carbocycles. The number of amides is 1. The van der Waals surface area contributed by atoms with Crippen molar-refractivity contribution in [2.45, 2.75) is 26.8 Å². The minimum absolute atomic E-state index is 0.0787. The molecule has 1 saturated heterocycles. The van der Waals surface area contributed by atoms with Crippen LogP contribution in [-0.2, 0) is 9.59 Å². The molecule has 1 amide bonds. The fourth-order valence-corrected chi connectivity index (χ4v) is 3.71. The highest BCUT2D eigenvalue weighted by Crippen LogP contribution is 2.42. The van der Waals surface area contributed by atoms with Crippen molar-refractivity contribution in [1.29, 1.82) is 0 Å². The summed E-state index contributed by atoms with van der Waals surface area (Å²) in [5.41, 5.74) is 5.02. The summed E-state index contributed by atoms with van der Waals surface area (Å²) in [6.45, 7) is 5.88. The zero-order valence-electron chi connectivity index (χ0n) is 17.1. The quantitative estimate of drug-likeness (QED) is 0.397. The molecule has 150 valence electrons. The van der Waals surface area contributed by atoms with Crippen LogP contribution in [0.1, 0.15) is 33.9 Å². The number of aliphatic hydroxyl groups excluding tert-OH is 1. The van der Waals surface area contributed by atoms with Gasteiger partial charge in [0.15, 0.2) is 0 Å². The molecular weight excluding hydrogens is 376 g/mol. The molecule has 4 rings (SSSR count). The summed E-state index contributed by atoms with van der Waals surface area (Å²) < 4.78 is 0. The molecule has 1 unspecified atom stereocenters. The molecule has 1 fully saturated rings. The van der Waals surface area contributed by atoms with E-state index in [9.17, 15) is 14.7 Å². The van der Waals surface area contributed by atoms with Gasteiger partial charge in [0.05, 0.1) is 11.6 Å². The van der Waals surface area contributed by atoms with Crippen LogP contribution in [0.3, 0.4) is 0 Å². The number of ketones is 1. The third-order valence-corrected chi connectivity index (χ3v) is 5.56. The van der Waals surface area contributed by atoms with E-state index >= 15 is 0 Å². The SMILES string of the molecule is Cc1ccc(N2C(=O)C(=O)/C(=C(\O)c3ccc(C)c(C)c3)C2c2ccncc2)cc1. The van der Waals surface area contributed by atoms with Crippen LogP contribution in [0.4, 0.5) is 5.69 Å². The van der Waals surface area contributed by atoms with Gasteiger partial charge in [-0.15, -0.1) is 0 Å². The van der Waals surface area contributed by atoms with E-state index in [1.54, 1.807) is 30.6 Å². The van der Waals surface area contributed by atoms with Gasteiger partial charge in [0, 0.05) is 23.6 Å². The van der Waals surface area contributed by atoms with Gasteiger partial charge in [0.25, 0.3) is 11.7 Å². The molecule has 0 bridgehead atoms. The Kier molecular flexibility index (Phi) is 4.96. The van der Waals surface area contributed by atoms with Gasteiger partial charge in [-0.3, -0.25) is 19.5 Å². The number of aryl methyl sites for hydroxylation is 3. The second-order valence-corrected chi connectivity index (χ2v) is 7.58. The van der Waals surface area contributed by atoms with Crippen molar-refractivity contribution in [3.05, 3.63) is 100 Å². The lowest BCUT2D eigenvalue weighted by molar-refractivity contribution is -0.132. The topological polar surface area (TPSA) is 70.5 Å². The minimum atomic E-state index is -0.739. The van der Waals surface area contributed by atoms with E-state index in [-0.39, 0.29) is 11.3 Å². The Morgan fingerprint density at radius 3 is 2.20 bits per heavy atom. The van der Waals surface area contributed by atoms with Crippen LogP contribution < -0.4 is 4.90 Å². The Morgan fingerprint density at radius 1 is 0.900 bits per heavy atom. The number of benzene rings is 2. The fourth-order valence-electron chi connectivity index (χ4n) is 3.71. The van der Waals surface area contributed by atoms with E-state index in [0.29, 0.717) is 16.8 Å². The molecule has 1 atom stereocenters. The highest BCUT2D eigenvalue weighted by molar-refractivity contribution is 6.51. The van der Waals surface area contributed by atoms with Crippen LogP contribution in [0.25, 0.3) is 5.76 Å². The van der Waals surface area contributed by atoms with Gasteiger partial charge in [0.1, 0.15) is 5.76 Å². The van der Waals surface area contributed by atoms with Crippen molar-refractivity contribution >= 4 is 23.1 Å². The van der Waals surface area contributed by atoms with Crippen molar-refractivity contribution in [3.8, 4) is 0 Å². The van der Waals surface area contributed by atoms with E-state index < -0.39 is 17.7 Å². The van der Waals surface area contributed by atoms with E-state index in [1.807, 2.05) is 57.2 Å². The Hall–Kier alpha value is -3.73. The maximum absolute atomic E-state index is 13.1. The van der Waals surface area contributed by atoms with Crippen LogP contribution in [0.2, 0.25) is 0 Å². The zero-order chi connectivity index (χ0) is 21.4. The normalized spacial score (nSPS) is 18.1. The van der Waals surface area contributed by atoms with Crippen molar-refractivity contribution in [2.24, 2.45) is 0 Å². The first-order chi connectivity index (χ1) is 14.4. The van der Waals surface area contributed by atoms with Gasteiger partial charge in [-0.05, 0) is 67.8 Å². The number of hydrogen-bond acceptors (Lipinski definition) is 4. The molecule has 0 saturated carbocycles. The van der Waals surface area contributed by atoms with Gasteiger partial charge in [0.2, 0.25) is 0 Å². The molecule has 3 aromatic rings. The summed E-state index contributed by atoms with van der Waals surface area (Å²) in [4.78, 5) is 31.6. The first kappa shape index (κ1) is 19.6. The molecule has 2 heterocycles. The molecule has 1 aliphatic heterocycles. The summed E-state index contributed by atoms with van der Waals surface area (Å²) in [6.07, 6.45) is 3.22. The maximum Gasteiger partial charge on any atom is 0.300 e. The summed E-state index contributed by atoms with van der Waals surface area (Å²) in [5.74, 6) is -1.54. The summed E-state index contributed by atoms with van der Waals surface area (Å²) in [7, 11) is 0. The Bertz CT molecular complexity index is 1160. The van der Waals surface area contributed by atoms with Gasteiger partial charge in [-0.2, -0.15) is 0 Å². The largest absolute Gasteiger partial charge is 0.507 e. The van der Waals surface area contributed by atoms with Crippen LogP contribution in [-0.4, -0.2) is 21.8 Å². The number of nitrogens with zero attached hydrogens (tertiary/aromatic N) is 2. The number of anilines is 1. The number of aliphatic hydroxyl groups is 1. The Morgan fingerprint density at radius 2 is 1.57 bits per heavy atom. The third-order valence-electron chi connectivity index (χ3n) is 5.56. The maximum atomic E-state index is 13.1. The average Bonchev–Trinajstić information content (AvgIpc) is 3.02. The highest BCUT2D eigenvalue weighted by atomic mass is 16.3. The zero-order valence-corrected chi connectivity index (χ0v) is 17.1. The van der Waals surface area contributed by atoms with E-state index in [2.05, 4.69) is 4.98 Å². The van der Waals surface area contributed by atoms with Crippen LogP contribution in [0.5, 0.6) is 0 Å². The number of carbonyl (C=O) groups excluding carboxylic acids is 2. The standard InChI is InChI=1S/C25H22N2O3/c1-15-4-8-20(9-5-15)27-22(18-10-12-26-13-11-18)21(24(29)25(27)30)23(28)19-7-6-16(2)17(3)14-19/h4-14,22,28H,1-3H3/b23-21-. The van der Waals surface area contributed by atoms with Gasteiger partial charge in [-0.1, -0.05) is 29.8 Å². The van der Waals surface area contributed by atoms with Crippen molar-refractivity contribution in [3.63, 3.8) is 0 Å². The summed E-state index contributed by atoms with van der Waals surface area (Å²) in [6, 6.07) is 15.7. The highest BCUT2D eigenvalue weighted by Gasteiger charge is 2.46. The van der Waals surface area contributed by atoms with Gasteiger partial charge in [-0.25, -0.2) is 0 Å². The predicted octanol–water partition coefficient (Wildman–Crippen LogP) is 4.63. The lowest BCUT2D eigenvalue weighted by Crippen LogP contribution is -2.29. The first-order valence-electron chi connectivity index (χ1n) is 9.73. The summed E-state index contributed by atoms with van der Waals surface area (Å²) >= 11 is 0. The number of rotatable bonds is 3. The van der Waals surface area contributed by atoms with Gasteiger partial charge < -0.3 is 5.11 Å². The molecule has 5 nitrogen and oxygen atoms in total. The first-order valence-corrected chi connectivity index (χ1v) is 9.73. The second-order valence-electron chi connectivity index (χ2n) is 7.58. The minimum Gasteiger partial charge on any atom is -0.507 e. The van der Waals surface area contributed by atoms with Crippen LogP contribution >= 0.6 is 0 Å². The third kappa shape index (κ3) is 3.28. The molecule has 2 aromatic carbocycles. The molecule has 0 spiro atoms. The van der Waals surface area contributed by atoms with Crippen molar-refractivity contribution in [1.82, 2.24) is 4.98 Å². The average molecular weight is 398 g/mol. The van der Waals surface area contributed by atoms with Crippen LogP contribution in [0, 0.1) is 20.8 Å². The number of aromatic nitrogens is 1. The monoisotopic (exact) mass is 398 g/mol.